The fourth-order valence-electron chi connectivity index (χ4n) is 2.07. The molecule has 2 aromatic carbocycles. The molecule has 0 radical (unpaired) electrons. The maximum atomic E-state index is 13.5. The molecule has 1 amide bonds. The number of rotatable bonds is 4. The van der Waals surface area contributed by atoms with Gasteiger partial charge < -0.3 is 5.32 Å². The molecule has 2 nitrogen and oxygen atoms in total. The van der Waals surface area contributed by atoms with Crippen molar-refractivity contribution in [3.8, 4) is 0 Å². The van der Waals surface area contributed by atoms with Crippen molar-refractivity contribution in [1.82, 2.24) is 0 Å². The molecule has 21 heavy (non-hydrogen) atoms. The van der Waals surface area contributed by atoms with Crippen molar-refractivity contribution in [3.05, 3.63) is 65.2 Å². The van der Waals surface area contributed by atoms with Crippen molar-refractivity contribution < 1.29 is 13.6 Å². The van der Waals surface area contributed by atoms with Crippen LogP contribution < -0.4 is 5.32 Å². The summed E-state index contributed by atoms with van der Waals surface area (Å²) in [5.74, 6) is -1.59. The molecule has 0 fully saturated rings. The van der Waals surface area contributed by atoms with Gasteiger partial charge >= 0.3 is 0 Å². The quantitative estimate of drug-likeness (QED) is 0.887. The van der Waals surface area contributed by atoms with Crippen LogP contribution in [0.15, 0.2) is 42.5 Å². The van der Waals surface area contributed by atoms with Gasteiger partial charge in [-0.15, -0.1) is 0 Å². The number of hydrogen-bond acceptors (Lipinski definition) is 1. The van der Waals surface area contributed by atoms with Gasteiger partial charge in [0.2, 0.25) is 0 Å². The molecule has 0 aliphatic carbocycles. The van der Waals surface area contributed by atoms with Crippen molar-refractivity contribution in [2.24, 2.45) is 5.92 Å². The summed E-state index contributed by atoms with van der Waals surface area (Å²) in [6, 6.07) is 10.5. The first-order chi connectivity index (χ1) is 9.97. The second-order valence-corrected chi connectivity index (χ2v) is 5.35. The van der Waals surface area contributed by atoms with Crippen molar-refractivity contribution in [2.45, 2.75) is 20.3 Å². The van der Waals surface area contributed by atoms with E-state index in [9.17, 15) is 13.6 Å². The fraction of sp³-hybridized carbons (Fsp3) is 0.235. The number of halogens is 2. The average Bonchev–Trinajstić information content (AvgIpc) is 2.43. The van der Waals surface area contributed by atoms with E-state index in [0.29, 0.717) is 11.5 Å². The van der Waals surface area contributed by atoms with Crippen LogP contribution in [0.1, 0.15) is 29.8 Å². The van der Waals surface area contributed by atoms with E-state index in [4.69, 9.17) is 0 Å². The molecule has 0 atom stereocenters. The molecular formula is C17H17F2NO. The first-order valence-electron chi connectivity index (χ1n) is 6.81. The molecule has 0 saturated heterocycles. The number of carbonyl (C=O) groups excluding carboxylic acids is 1. The van der Waals surface area contributed by atoms with E-state index < -0.39 is 23.2 Å². The van der Waals surface area contributed by atoms with Gasteiger partial charge in [0.1, 0.15) is 17.3 Å². The summed E-state index contributed by atoms with van der Waals surface area (Å²) >= 11 is 0. The molecule has 0 unspecified atom stereocenters. The molecule has 0 aliphatic rings. The molecule has 1 N–H and O–H groups in total. The Bertz CT molecular complexity index is 615. The second-order valence-electron chi connectivity index (χ2n) is 5.35. The maximum Gasteiger partial charge on any atom is 0.255 e. The zero-order chi connectivity index (χ0) is 15.4. The number of anilines is 1. The lowest BCUT2D eigenvalue weighted by Gasteiger charge is -2.09. The predicted octanol–water partition coefficient (Wildman–Crippen LogP) is 4.42. The highest BCUT2D eigenvalue weighted by Gasteiger charge is 2.13. The minimum Gasteiger partial charge on any atom is -0.317 e. The van der Waals surface area contributed by atoms with Gasteiger partial charge in [-0.3, -0.25) is 4.79 Å². The van der Waals surface area contributed by atoms with E-state index in [1.807, 2.05) is 12.1 Å². The molecule has 0 bridgehead atoms. The lowest BCUT2D eigenvalue weighted by molar-refractivity contribution is 0.102. The van der Waals surface area contributed by atoms with Gasteiger partial charge in [0.15, 0.2) is 0 Å². The number of para-hydroxylation sites is 1. The summed E-state index contributed by atoms with van der Waals surface area (Å²) in [6.07, 6.45) is 0.920. The SMILES string of the molecule is CC(C)Cc1ccc(C(=O)Nc2c(F)cccc2F)cc1. The Balaban J connectivity index is 2.13. The van der Waals surface area contributed by atoms with Gasteiger partial charge in [0.25, 0.3) is 5.91 Å². The minimum atomic E-state index is -0.792. The Morgan fingerprint density at radius 1 is 1.05 bits per heavy atom. The summed E-state index contributed by atoms with van der Waals surface area (Å²) in [6.45, 7) is 4.23. The molecular weight excluding hydrogens is 272 g/mol. The van der Waals surface area contributed by atoms with E-state index in [0.717, 1.165) is 24.1 Å². The molecule has 0 aliphatic heterocycles. The smallest absolute Gasteiger partial charge is 0.255 e. The van der Waals surface area contributed by atoms with Crippen LogP contribution in [0.25, 0.3) is 0 Å². The maximum absolute atomic E-state index is 13.5. The third-order valence-electron chi connectivity index (χ3n) is 3.06. The van der Waals surface area contributed by atoms with Crippen molar-refractivity contribution in [1.29, 1.82) is 0 Å². The van der Waals surface area contributed by atoms with Gasteiger partial charge in [-0.05, 0) is 42.2 Å². The van der Waals surface area contributed by atoms with Crippen molar-refractivity contribution in [2.75, 3.05) is 5.32 Å². The van der Waals surface area contributed by atoms with Crippen LogP contribution in [0.3, 0.4) is 0 Å². The molecule has 0 spiro atoms. The Morgan fingerprint density at radius 3 is 2.14 bits per heavy atom. The third-order valence-corrected chi connectivity index (χ3v) is 3.06. The molecule has 0 heterocycles. The third kappa shape index (κ3) is 3.88. The largest absolute Gasteiger partial charge is 0.317 e. The standard InChI is InChI=1S/C17H17F2NO/c1-11(2)10-12-6-8-13(9-7-12)17(21)20-16-14(18)4-3-5-15(16)19/h3-9,11H,10H2,1-2H3,(H,20,21). The topological polar surface area (TPSA) is 29.1 Å². The zero-order valence-corrected chi connectivity index (χ0v) is 12.0. The van der Waals surface area contributed by atoms with Crippen LogP contribution in [0, 0.1) is 17.6 Å². The molecule has 110 valence electrons. The monoisotopic (exact) mass is 289 g/mol. The Kier molecular flexibility index (Phi) is 4.68. The lowest BCUT2D eigenvalue weighted by atomic mass is 10.0. The van der Waals surface area contributed by atoms with Crippen LogP contribution in [-0.4, -0.2) is 5.91 Å². The zero-order valence-electron chi connectivity index (χ0n) is 12.0. The van der Waals surface area contributed by atoms with E-state index in [-0.39, 0.29) is 0 Å². The van der Waals surface area contributed by atoms with Crippen LogP contribution in [-0.2, 0) is 6.42 Å². The van der Waals surface area contributed by atoms with Crippen LogP contribution in [0.2, 0.25) is 0 Å². The fourth-order valence-corrected chi connectivity index (χ4v) is 2.07. The summed E-state index contributed by atoms with van der Waals surface area (Å²) in [7, 11) is 0. The molecule has 0 aromatic heterocycles. The first-order valence-corrected chi connectivity index (χ1v) is 6.81. The molecule has 4 heteroatoms. The summed E-state index contributed by atoms with van der Waals surface area (Å²) in [5.41, 5.74) is 1.07. The second kappa shape index (κ2) is 6.48. The molecule has 2 aromatic rings. The summed E-state index contributed by atoms with van der Waals surface area (Å²) in [5, 5.41) is 2.27. The van der Waals surface area contributed by atoms with E-state index in [1.54, 1.807) is 12.1 Å². The minimum absolute atomic E-state index is 0.366. The highest BCUT2D eigenvalue weighted by atomic mass is 19.1. The van der Waals surface area contributed by atoms with Crippen LogP contribution >= 0.6 is 0 Å². The van der Waals surface area contributed by atoms with Crippen LogP contribution in [0.5, 0.6) is 0 Å². The highest BCUT2D eigenvalue weighted by Crippen LogP contribution is 2.19. The Hall–Kier alpha value is -2.23. The predicted molar refractivity (Wildman–Crippen MR) is 79.3 cm³/mol. The summed E-state index contributed by atoms with van der Waals surface area (Å²) < 4.78 is 27.0. The van der Waals surface area contributed by atoms with Gasteiger partial charge in [-0.2, -0.15) is 0 Å². The van der Waals surface area contributed by atoms with Gasteiger partial charge in [-0.25, -0.2) is 8.78 Å². The average molecular weight is 289 g/mol. The normalized spacial score (nSPS) is 10.7. The van der Waals surface area contributed by atoms with Crippen molar-refractivity contribution >= 4 is 11.6 Å². The number of amides is 1. The number of nitrogens with one attached hydrogen (secondary N) is 1. The first kappa shape index (κ1) is 15.2. The van der Waals surface area contributed by atoms with E-state index >= 15 is 0 Å². The number of carbonyl (C=O) groups is 1. The Morgan fingerprint density at radius 2 is 1.62 bits per heavy atom. The Labute approximate surface area is 122 Å². The van der Waals surface area contributed by atoms with E-state index in [1.165, 1.54) is 6.07 Å². The molecule has 0 saturated carbocycles. The molecule has 2 rings (SSSR count). The van der Waals surface area contributed by atoms with Gasteiger partial charge in [-0.1, -0.05) is 32.0 Å². The lowest BCUT2D eigenvalue weighted by Crippen LogP contribution is -2.14. The van der Waals surface area contributed by atoms with Gasteiger partial charge in [0.05, 0.1) is 0 Å². The number of hydrogen-bond donors (Lipinski definition) is 1. The van der Waals surface area contributed by atoms with Crippen molar-refractivity contribution in [3.63, 3.8) is 0 Å². The van der Waals surface area contributed by atoms with E-state index in [2.05, 4.69) is 19.2 Å². The van der Waals surface area contributed by atoms with Gasteiger partial charge in [0, 0.05) is 5.56 Å². The summed E-state index contributed by atoms with van der Waals surface area (Å²) in [4.78, 5) is 12.0. The highest BCUT2D eigenvalue weighted by molar-refractivity contribution is 6.04. The van der Waals surface area contributed by atoms with Crippen LogP contribution in [0.4, 0.5) is 14.5 Å². The number of benzene rings is 2.